The summed E-state index contributed by atoms with van der Waals surface area (Å²) in [5.41, 5.74) is 1.35. The van der Waals surface area contributed by atoms with Gasteiger partial charge in [-0.15, -0.1) is 11.3 Å². The molecule has 2 aromatic rings. The molecule has 0 amide bonds. The number of aromatic nitrogens is 1. The fraction of sp³-hybridized carbons (Fsp3) is 0.167. The van der Waals surface area contributed by atoms with E-state index in [9.17, 15) is 4.79 Å². The Balaban J connectivity index is 2.45. The first-order valence-electron chi connectivity index (χ1n) is 5.04. The van der Waals surface area contributed by atoms with Crippen LogP contribution in [0.4, 0.5) is 0 Å². The summed E-state index contributed by atoms with van der Waals surface area (Å²) in [7, 11) is 1.36. The highest BCUT2D eigenvalue weighted by Crippen LogP contribution is 2.32. The summed E-state index contributed by atoms with van der Waals surface area (Å²) >= 11 is 8.35. The molecule has 0 radical (unpaired) electrons. The number of aryl methyl sites for hydroxylation is 1. The van der Waals surface area contributed by atoms with Crippen molar-refractivity contribution >= 4 is 49.2 Å². The van der Waals surface area contributed by atoms with Gasteiger partial charge in [-0.25, -0.2) is 9.78 Å². The molecular weight excluding hydrogens is 382 g/mol. The number of carbonyl (C=O) groups is 1. The normalized spacial score (nSPS) is 10.4. The summed E-state index contributed by atoms with van der Waals surface area (Å²) < 4.78 is 6.63. The van der Waals surface area contributed by atoms with Crippen LogP contribution in [0.15, 0.2) is 27.1 Å². The van der Waals surface area contributed by atoms with Gasteiger partial charge in [0.1, 0.15) is 5.01 Å². The molecule has 0 aliphatic rings. The molecule has 0 N–H and O–H groups in total. The van der Waals surface area contributed by atoms with Crippen molar-refractivity contribution in [1.29, 1.82) is 0 Å². The summed E-state index contributed by atoms with van der Waals surface area (Å²) in [6.45, 7) is 1.86. The predicted octanol–water partition coefficient (Wildman–Crippen LogP) is 4.43. The Morgan fingerprint density at radius 3 is 2.67 bits per heavy atom. The van der Waals surface area contributed by atoms with Crippen LogP contribution in [0.3, 0.4) is 0 Å². The quantitative estimate of drug-likeness (QED) is 0.712. The minimum absolute atomic E-state index is 0.386. The van der Waals surface area contributed by atoms with Gasteiger partial charge in [-0.3, -0.25) is 0 Å². The molecule has 0 fully saturated rings. The SMILES string of the molecule is COC(=O)c1nc(-c2ccc(Br)c(Br)c2)sc1C. The van der Waals surface area contributed by atoms with E-state index in [2.05, 4.69) is 36.8 Å². The minimum Gasteiger partial charge on any atom is -0.464 e. The fourth-order valence-corrected chi connectivity index (χ4v) is 2.96. The fourth-order valence-electron chi connectivity index (χ4n) is 1.44. The van der Waals surface area contributed by atoms with Crippen LogP contribution in [0, 0.1) is 6.92 Å². The maximum atomic E-state index is 11.5. The van der Waals surface area contributed by atoms with Crippen LogP contribution in [0.5, 0.6) is 0 Å². The number of ether oxygens (including phenoxy) is 1. The van der Waals surface area contributed by atoms with Crippen LogP contribution in [-0.2, 0) is 4.74 Å². The number of nitrogens with zero attached hydrogens (tertiary/aromatic N) is 1. The molecule has 6 heteroatoms. The van der Waals surface area contributed by atoms with Gasteiger partial charge in [0.25, 0.3) is 0 Å². The third-order valence-corrected chi connectivity index (χ3v) is 5.24. The van der Waals surface area contributed by atoms with Gasteiger partial charge in [-0.1, -0.05) is 6.07 Å². The van der Waals surface area contributed by atoms with Gasteiger partial charge >= 0.3 is 5.97 Å². The van der Waals surface area contributed by atoms with E-state index in [-0.39, 0.29) is 0 Å². The highest BCUT2D eigenvalue weighted by molar-refractivity contribution is 9.13. The first-order chi connectivity index (χ1) is 8.52. The zero-order chi connectivity index (χ0) is 13.3. The van der Waals surface area contributed by atoms with Crippen molar-refractivity contribution in [3.05, 3.63) is 37.7 Å². The predicted molar refractivity (Wildman–Crippen MR) is 79.0 cm³/mol. The Kier molecular flexibility index (Phi) is 4.19. The summed E-state index contributed by atoms with van der Waals surface area (Å²) in [5.74, 6) is -0.397. The molecule has 2 rings (SSSR count). The molecule has 0 bridgehead atoms. The molecule has 1 aromatic carbocycles. The largest absolute Gasteiger partial charge is 0.464 e. The second-order valence-corrected chi connectivity index (χ2v) is 6.46. The Labute approximate surface area is 125 Å². The molecule has 18 heavy (non-hydrogen) atoms. The minimum atomic E-state index is -0.397. The number of rotatable bonds is 2. The molecule has 0 saturated carbocycles. The lowest BCUT2D eigenvalue weighted by molar-refractivity contribution is 0.0594. The van der Waals surface area contributed by atoms with Crippen LogP contribution < -0.4 is 0 Å². The standard InChI is InChI=1S/C12H9Br2NO2S/c1-6-10(12(16)17-2)15-11(18-6)7-3-4-8(13)9(14)5-7/h3-5H,1-2H3. The van der Waals surface area contributed by atoms with Gasteiger partial charge < -0.3 is 4.74 Å². The Morgan fingerprint density at radius 1 is 1.33 bits per heavy atom. The van der Waals surface area contributed by atoms with Gasteiger partial charge in [0.15, 0.2) is 5.69 Å². The average Bonchev–Trinajstić information content (AvgIpc) is 2.74. The van der Waals surface area contributed by atoms with Crippen molar-refractivity contribution in [2.75, 3.05) is 7.11 Å². The molecule has 0 unspecified atom stereocenters. The van der Waals surface area contributed by atoms with Crippen molar-refractivity contribution in [2.24, 2.45) is 0 Å². The Bertz CT molecular complexity index is 610. The maximum Gasteiger partial charge on any atom is 0.357 e. The van der Waals surface area contributed by atoms with Gasteiger partial charge in [0.05, 0.1) is 7.11 Å². The van der Waals surface area contributed by atoms with Gasteiger partial charge in [-0.2, -0.15) is 0 Å². The third kappa shape index (κ3) is 2.65. The van der Waals surface area contributed by atoms with Gasteiger partial charge in [0.2, 0.25) is 0 Å². The zero-order valence-corrected chi connectivity index (χ0v) is 13.6. The molecule has 0 spiro atoms. The van der Waals surface area contributed by atoms with E-state index in [0.717, 1.165) is 24.4 Å². The number of carbonyl (C=O) groups excluding carboxylic acids is 1. The first-order valence-corrected chi connectivity index (χ1v) is 7.44. The van der Waals surface area contributed by atoms with Crippen molar-refractivity contribution in [1.82, 2.24) is 4.98 Å². The number of hydrogen-bond donors (Lipinski definition) is 0. The van der Waals surface area contributed by atoms with Crippen LogP contribution in [0.25, 0.3) is 10.6 Å². The van der Waals surface area contributed by atoms with Crippen LogP contribution in [0.2, 0.25) is 0 Å². The molecular formula is C12H9Br2NO2S. The van der Waals surface area contributed by atoms with Crippen LogP contribution >= 0.6 is 43.2 Å². The average molecular weight is 391 g/mol. The van der Waals surface area contributed by atoms with E-state index in [4.69, 9.17) is 4.74 Å². The zero-order valence-electron chi connectivity index (χ0n) is 9.66. The highest BCUT2D eigenvalue weighted by atomic mass is 79.9. The number of thiazole rings is 1. The molecule has 94 valence electrons. The summed E-state index contributed by atoms with van der Waals surface area (Å²) in [6, 6.07) is 5.85. The third-order valence-electron chi connectivity index (χ3n) is 2.34. The molecule has 1 heterocycles. The number of esters is 1. The highest BCUT2D eigenvalue weighted by Gasteiger charge is 2.16. The second-order valence-electron chi connectivity index (χ2n) is 3.54. The number of hydrogen-bond acceptors (Lipinski definition) is 4. The molecule has 1 aromatic heterocycles. The van der Waals surface area contributed by atoms with Gasteiger partial charge in [-0.05, 0) is 50.9 Å². The lowest BCUT2D eigenvalue weighted by Gasteiger charge is -1.99. The summed E-state index contributed by atoms with van der Waals surface area (Å²) in [6.07, 6.45) is 0. The van der Waals surface area contributed by atoms with Crippen LogP contribution in [0.1, 0.15) is 15.4 Å². The lowest BCUT2D eigenvalue weighted by atomic mass is 10.2. The monoisotopic (exact) mass is 389 g/mol. The molecule has 0 saturated heterocycles. The summed E-state index contributed by atoms with van der Waals surface area (Å²) in [4.78, 5) is 16.7. The molecule has 0 atom stereocenters. The number of halogens is 2. The van der Waals surface area contributed by atoms with Crippen molar-refractivity contribution in [3.63, 3.8) is 0 Å². The lowest BCUT2D eigenvalue weighted by Crippen LogP contribution is -2.03. The number of methoxy groups -OCH3 is 1. The van der Waals surface area contributed by atoms with Crippen molar-refractivity contribution in [3.8, 4) is 10.6 Å². The number of benzene rings is 1. The molecule has 0 aliphatic carbocycles. The van der Waals surface area contributed by atoms with E-state index >= 15 is 0 Å². The van der Waals surface area contributed by atoms with Crippen molar-refractivity contribution in [2.45, 2.75) is 6.92 Å². The smallest absolute Gasteiger partial charge is 0.357 e. The summed E-state index contributed by atoms with van der Waals surface area (Å²) in [5, 5.41) is 0.807. The van der Waals surface area contributed by atoms with E-state index in [0.29, 0.717) is 5.69 Å². The van der Waals surface area contributed by atoms with E-state index in [1.807, 2.05) is 25.1 Å². The van der Waals surface area contributed by atoms with E-state index in [1.165, 1.54) is 18.4 Å². The van der Waals surface area contributed by atoms with E-state index < -0.39 is 5.97 Å². The Hall–Kier alpha value is -0.720. The van der Waals surface area contributed by atoms with Gasteiger partial charge in [0, 0.05) is 19.4 Å². The molecule has 3 nitrogen and oxygen atoms in total. The second kappa shape index (κ2) is 5.50. The topological polar surface area (TPSA) is 39.2 Å². The molecule has 0 aliphatic heterocycles. The van der Waals surface area contributed by atoms with Crippen LogP contribution in [-0.4, -0.2) is 18.1 Å². The van der Waals surface area contributed by atoms with E-state index in [1.54, 1.807) is 0 Å². The Morgan fingerprint density at radius 2 is 2.06 bits per heavy atom. The maximum absolute atomic E-state index is 11.5. The first kappa shape index (κ1) is 13.7. The van der Waals surface area contributed by atoms with Crippen molar-refractivity contribution < 1.29 is 9.53 Å².